The van der Waals surface area contributed by atoms with Crippen LogP contribution in [0.15, 0.2) is 50.1 Å². The van der Waals surface area contributed by atoms with Crippen molar-refractivity contribution in [3.63, 3.8) is 0 Å². The number of hydrogen-bond donors (Lipinski definition) is 3. The Balaban J connectivity index is 1.88. The fraction of sp³-hybridized carbons (Fsp3) is 0.348. The highest BCUT2D eigenvalue weighted by Crippen LogP contribution is 2.43. The number of rotatable bonds is 5. The van der Waals surface area contributed by atoms with Crippen LogP contribution in [0.2, 0.25) is 0 Å². The second-order valence-electron chi connectivity index (χ2n) is 7.65. The molecule has 0 saturated carbocycles. The summed E-state index contributed by atoms with van der Waals surface area (Å²) in [6.07, 6.45) is 0.758. The molecule has 0 amide bonds. The number of aryl methyl sites for hydroxylation is 1. The summed E-state index contributed by atoms with van der Waals surface area (Å²) in [4.78, 5) is 12.6. The van der Waals surface area contributed by atoms with Crippen LogP contribution in [-0.4, -0.2) is 29.9 Å². The molecule has 3 N–H and O–H groups in total. The normalized spacial score (nSPS) is 19.2. The molecule has 1 saturated heterocycles. The minimum absolute atomic E-state index is 0.000240. The number of phenolic OH excluding ortho intramolecular Hbond substituents is 1. The number of aliphatic hydroxyl groups excluding tert-OH is 1. The van der Waals surface area contributed by atoms with Gasteiger partial charge in [-0.15, -0.1) is 0 Å². The molecule has 3 aromatic rings. The highest BCUT2D eigenvalue weighted by Gasteiger charge is 2.32. The molecule has 30 heavy (non-hydrogen) atoms. The average molecular weight is 474 g/mol. The fourth-order valence-corrected chi connectivity index (χ4v) is 4.56. The van der Waals surface area contributed by atoms with Gasteiger partial charge in [0.2, 0.25) is 0 Å². The zero-order valence-electron chi connectivity index (χ0n) is 16.7. The highest BCUT2D eigenvalue weighted by atomic mass is 79.9. The monoisotopic (exact) mass is 473 g/mol. The number of hydrogen-bond acceptors (Lipinski definition) is 6. The molecule has 2 atom stereocenters. The Hall–Kier alpha value is -2.35. The van der Waals surface area contributed by atoms with Crippen molar-refractivity contribution >= 4 is 26.9 Å². The summed E-state index contributed by atoms with van der Waals surface area (Å²) < 4.78 is 13.1. The number of phenols is 1. The van der Waals surface area contributed by atoms with E-state index in [4.69, 9.17) is 9.15 Å². The molecule has 1 fully saturated rings. The highest BCUT2D eigenvalue weighted by molar-refractivity contribution is 9.10. The maximum Gasteiger partial charge on any atom is 0.196 e. The largest absolute Gasteiger partial charge is 0.507 e. The minimum Gasteiger partial charge on any atom is -0.507 e. The maximum absolute atomic E-state index is 12.6. The molecule has 2 aromatic carbocycles. The average Bonchev–Trinajstić information content (AvgIpc) is 2.72. The molecule has 2 heterocycles. The van der Waals surface area contributed by atoms with Crippen LogP contribution in [0.5, 0.6) is 11.5 Å². The van der Waals surface area contributed by atoms with Crippen molar-refractivity contribution < 1.29 is 19.4 Å². The number of benzene rings is 2. The van der Waals surface area contributed by atoms with Crippen LogP contribution in [0.1, 0.15) is 29.2 Å². The molecule has 1 aliphatic heterocycles. The van der Waals surface area contributed by atoms with Crippen LogP contribution < -0.4 is 15.5 Å². The topological polar surface area (TPSA) is 91.9 Å². The first kappa shape index (κ1) is 20.9. The molecular weight excluding hydrogens is 450 g/mol. The standard InChI is InChI=1S/C23H24BrNO5/c1-13-8-18(27)22-19(28)9-20(29-12-14-4-2-3-5-17(14)24)21(23(22)30-13)16-6-7-25-10-15(16)11-26/h2-5,8-9,15-16,25-26,28H,6-7,10-12H2,1H3. The summed E-state index contributed by atoms with van der Waals surface area (Å²) in [5.74, 6) is 0.640. The predicted octanol–water partition coefficient (Wildman–Crippen LogP) is 3.83. The van der Waals surface area contributed by atoms with E-state index in [1.807, 2.05) is 24.3 Å². The zero-order valence-corrected chi connectivity index (χ0v) is 18.2. The molecule has 6 nitrogen and oxygen atoms in total. The lowest BCUT2D eigenvalue weighted by molar-refractivity contribution is 0.176. The number of nitrogens with one attached hydrogen (secondary N) is 1. The Labute approximate surface area is 182 Å². The SMILES string of the molecule is Cc1cc(=O)c2c(O)cc(OCc3ccccc3Br)c(C3CCNCC3CO)c2o1. The van der Waals surface area contributed by atoms with Gasteiger partial charge in [0.1, 0.15) is 34.8 Å². The van der Waals surface area contributed by atoms with Crippen LogP contribution in [0.25, 0.3) is 11.0 Å². The van der Waals surface area contributed by atoms with E-state index in [0.717, 1.165) is 28.6 Å². The van der Waals surface area contributed by atoms with Gasteiger partial charge in [-0.05, 0) is 31.9 Å². The van der Waals surface area contributed by atoms with Gasteiger partial charge < -0.3 is 24.7 Å². The lowest BCUT2D eigenvalue weighted by Crippen LogP contribution is -2.37. The van der Waals surface area contributed by atoms with Crippen LogP contribution in [-0.2, 0) is 6.61 Å². The fourth-order valence-electron chi connectivity index (χ4n) is 4.16. The van der Waals surface area contributed by atoms with Crippen LogP contribution in [0.4, 0.5) is 0 Å². The van der Waals surface area contributed by atoms with E-state index in [0.29, 0.717) is 23.6 Å². The molecule has 1 aromatic heterocycles. The number of piperidine rings is 1. The first-order valence-electron chi connectivity index (χ1n) is 9.97. The van der Waals surface area contributed by atoms with Gasteiger partial charge in [-0.25, -0.2) is 0 Å². The third-order valence-corrected chi connectivity index (χ3v) is 6.43. The Kier molecular flexibility index (Phi) is 6.13. The summed E-state index contributed by atoms with van der Waals surface area (Å²) in [6.45, 7) is 3.43. The van der Waals surface area contributed by atoms with Crippen LogP contribution >= 0.6 is 15.9 Å². The lowest BCUT2D eigenvalue weighted by Gasteiger charge is -2.32. The second-order valence-corrected chi connectivity index (χ2v) is 8.51. The Morgan fingerprint density at radius 3 is 2.87 bits per heavy atom. The first-order valence-corrected chi connectivity index (χ1v) is 10.8. The molecule has 0 radical (unpaired) electrons. The van der Waals surface area contributed by atoms with Crippen molar-refractivity contribution in [3.8, 4) is 11.5 Å². The third kappa shape index (κ3) is 3.97. The van der Waals surface area contributed by atoms with Gasteiger partial charge in [-0.1, -0.05) is 34.1 Å². The Morgan fingerprint density at radius 1 is 1.30 bits per heavy atom. The summed E-state index contributed by atoms with van der Waals surface area (Å²) in [5.41, 5.74) is 1.74. The van der Waals surface area contributed by atoms with Gasteiger partial charge in [0, 0.05) is 46.8 Å². The van der Waals surface area contributed by atoms with E-state index in [1.165, 1.54) is 12.1 Å². The molecule has 158 valence electrons. The molecule has 0 spiro atoms. The van der Waals surface area contributed by atoms with Crippen molar-refractivity contribution in [1.82, 2.24) is 5.32 Å². The van der Waals surface area contributed by atoms with Crippen molar-refractivity contribution in [1.29, 1.82) is 0 Å². The molecule has 2 unspecified atom stereocenters. The van der Waals surface area contributed by atoms with E-state index < -0.39 is 0 Å². The van der Waals surface area contributed by atoms with E-state index in [9.17, 15) is 15.0 Å². The summed E-state index contributed by atoms with van der Waals surface area (Å²) in [6, 6.07) is 10.6. The molecule has 7 heteroatoms. The van der Waals surface area contributed by atoms with E-state index in [2.05, 4.69) is 21.2 Å². The third-order valence-electron chi connectivity index (χ3n) is 5.66. The molecule has 0 bridgehead atoms. The molecule has 4 rings (SSSR count). The maximum atomic E-state index is 12.6. The van der Waals surface area contributed by atoms with E-state index >= 15 is 0 Å². The molecule has 1 aliphatic rings. The van der Waals surface area contributed by atoms with Gasteiger partial charge in [0.25, 0.3) is 0 Å². The van der Waals surface area contributed by atoms with Crippen molar-refractivity contribution in [2.24, 2.45) is 5.92 Å². The van der Waals surface area contributed by atoms with Crippen LogP contribution in [0, 0.1) is 12.8 Å². The smallest absolute Gasteiger partial charge is 0.196 e. The number of halogens is 1. The van der Waals surface area contributed by atoms with Gasteiger partial charge >= 0.3 is 0 Å². The van der Waals surface area contributed by atoms with Crippen LogP contribution in [0.3, 0.4) is 0 Å². The summed E-state index contributed by atoms with van der Waals surface area (Å²) in [7, 11) is 0. The number of aromatic hydroxyl groups is 1. The Bertz CT molecular complexity index is 1130. The second kappa shape index (κ2) is 8.79. The number of aliphatic hydroxyl groups is 1. The minimum atomic E-state index is -0.292. The predicted molar refractivity (Wildman–Crippen MR) is 118 cm³/mol. The van der Waals surface area contributed by atoms with Gasteiger partial charge in [-0.3, -0.25) is 4.79 Å². The first-order chi connectivity index (χ1) is 14.5. The number of fused-ring (bicyclic) bond motifs is 1. The van der Waals surface area contributed by atoms with Crippen molar-refractivity contribution in [2.45, 2.75) is 25.9 Å². The Morgan fingerprint density at radius 2 is 2.10 bits per heavy atom. The quantitative estimate of drug-likeness (QED) is 0.521. The summed E-state index contributed by atoms with van der Waals surface area (Å²) >= 11 is 3.53. The van der Waals surface area contributed by atoms with Crippen molar-refractivity contribution in [2.75, 3.05) is 19.7 Å². The van der Waals surface area contributed by atoms with Gasteiger partial charge in [-0.2, -0.15) is 0 Å². The lowest BCUT2D eigenvalue weighted by atomic mass is 9.80. The van der Waals surface area contributed by atoms with Gasteiger partial charge in [0.15, 0.2) is 5.43 Å². The van der Waals surface area contributed by atoms with Crippen molar-refractivity contribution in [3.05, 3.63) is 68.0 Å². The molecular formula is C23H24BrNO5. The summed E-state index contributed by atoms with van der Waals surface area (Å²) in [5, 5.41) is 24.0. The van der Waals surface area contributed by atoms with E-state index in [1.54, 1.807) is 6.92 Å². The zero-order chi connectivity index (χ0) is 21.3. The van der Waals surface area contributed by atoms with E-state index in [-0.39, 0.29) is 41.6 Å². The van der Waals surface area contributed by atoms with Gasteiger partial charge in [0.05, 0.1) is 0 Å². The molecule has 0 aliphatic carbocycles. The number of ether oxygens (including phenoxy) is 1.